The van der Waals surface area contributed by atoms with E-state index >= 15 is 0 Å². The Morgan fingerprint density at radius 2 is 1.85 bits per heavy atom. The van der Waals surface area contributed by atoms with E-state index in [0.29, 0.717) is 24.4 Å². The van der Waals surface area contributed by atoms with E-state index in [4.69, 9.17) is 4.74 Å². The first-order valence-electron chi connectivity index (χ1n) is 8.54. The molecule has 0 bridgehead atoms. The molecule has 2 aromatic carbocycles. The predicted octanol–water partition coefficient (Wildman–Crippen LogP) is 3.05. The van der Waals surface area contributed by atoms with Crippen molar-refractivity contribution >= 4 is 21.6 Å². The maximum atomic E-state index is 13.3. The van der Waals surface area contributed by atoms with Crippen molar-refractivity contribution in [1.29, 1.82) is 0 Å². The Morgan fingerprint density at radius 3 is 2.44 bits per heavy atom. The lowest BCUT2D eigenvalue weighted by Crippen LogP contribution is -2.30. The number of nitrogens with zero attached hydrogens (tertiary/aromatic N) is 1. The van der Waals surface area contributed by atoms with Gasteiger partial charge in [-0.15, -0.1) is 0 Å². The van der Waals surface area contributed by atoms with E-state index in [9.17, 15) is 17.6 Å². The van der Waals surface area contributed by atoms with Gasteiger partial charge in [-0.25, -0.2) is 12.8 Å². The molecule has 0 aromatic heterocycles. The highest BCUT2D eigenvalue weighted by atomic mass is 32.2. The number of methoxy groups -OCH3 is 1. The van der Waals surface area contributed by atoms with Gasteiger partial charge in [-0.1, -0.05) is 26.0 Å². The van der Waals surface area contributed by atoms with Crippen LogP contribution in [0.4, 0.5) is 10.1 Å². The Morgan fingerprint density at radius 1 is 1.15 bits per heavy atom. The van der Waals surface area contributed by atoms with Crippen molar-refractivity contribution in [3.8, 4) is 5.75 Å². The third kappa shape index (κ3) is 5.05. The second-order valence-corrected chi connectivity index (χ2v) is 7.74. The van der Waals surface area contributed by atoms with Crippen LogP contribution in [0.25, 0.3) is 0 Å². The number of carbonyl (C=O) groups is 1. The standard InChI is InChI=1S/C19H23FN2O4S/c1-4-22(5-2)27(24,25)16-9-10-18(26-3)17(13-16)21-19(23)12-14-7-6-8-15(20)11-14/h6-11,13H,4-5,12H2,1-3H3,(H,21,23). The fourth-order valence-electron chi connectivity index (χ4n) is 2.68. The highest BCUT2D eigenvalue weighted by Gasteiger charge is 2.23. The molecule has 146 valence electrons. The molecule has 0 heterocycles. The van der Waals surface area contributed by atoms with Crippen molar-refractivity contribution < 1.29 is 22.3 Å². The first kappa shape index (κ1) is 20.9. The molecule has 0 radical (unpaired) electrons. The van der Waals surface area contributed by atoms with Gasteiger partial charge in [-0.3, -0.25) is 4.79 Å². The van der Waals surface area contributed by atoms with Crippen molar-refractivity contribution in [2.24, 2.45) is 0 Å². The van der Waals surface area contributed by atoms with Crippen LogP contribution in [0.15, 0.2) is 47.4 Å². The van der Waals surface area contributed by atoms with E-state index in [1.807, 2.05) is 0 Å². The third-order valence-electron chi connectivity index (χ3n) is 4.04. The molecule has 0 saturated carbocycles. The Balaban J connectivity index is 2.28. The van der Waals surface area contributed by atoms with Gasteiger partial charge in [-0.2, -0.15) is 4.31 Å². The van der Waals surface area contributed by atoms with Gasteiger partial charge in [-0.05, 0) is 35.9 Å². The number of hydrogen-bond acceptors (Lipinski definition) is 4. The third-order valence-corrected chi connectivity index (χ3v) is 6.09. The smallest absolute Gasteiger partial charge is 0.243 e. The van der Waals surface area contributed by atoms with Gasteiger partial charge in [0.15, 0.2) is 0 Å². The molecule has 0 fully saturated rings. The molecule has 0 aliphatic carbocycles. The maximum Gasteiger partial charge on any atom is 0.243 e. The second-order valence-electron chi connectivity index (χ2n) is 5.81. The zero-order valence-corrected chi connectivity index (χ0v) is 16.3. The van der Waals surface area contributed by atoms with Crippen molar-refractivity contribution in [2.45, 2.75) is 25.2 Å². The summed E-state index contributed by atoms with van der Waals surface area (Å²) >= 11 is 0. The summed E-state index contributed by atoms with van der Waals surface area (Å²) in [5.41, 5.74) is 0.755. The summed E-state index contributed by atoms with van der Waals surface area (Å²) in [6.07, 6.45) is -0.0477. The quantitative estimate of drug-likeness (QED) is 0.747. The Labute approximate surface area is 159 Å². The molecule has 0 unspecified atom stereocenters. The summed E-state index contributed by atoms with van der Waals surface area (Å²) < 4.78 is 45.2. The molecule has 0 aliphatic heterocycles. The normalized spacial score (nSPS) is 11.4. The highest BCUT2D eigenvalue weighted by molar-refractivity contribution is 7.89. The van der Waals surface area contributed by atoms with Gasteiger partial charge in [0, 0.05) is 13.1 Å². The van der Waals surface area contributed by atoms with Gasteiger partial charge in [0.2, 0.25) is 15.9 Å². The second kappa shape index (κ2) is 8.96. The lowest BCUT2D eigenvalue weighted by atomic mass is 10.1. The lowest BCUT2D eigenvalue weighted by Gasteiger charge is -2.19. The van der Waals surface area contributed by atoms with Gasteiger partial charge in [0.1, 0.15) is 11.6 Å². The van der Waals surface area contributed by atoms with Crippen LogP contribution >= 0.6 is 0 Å². The van der Waals surface area contributed by atoms with E-state index in [-0.39, 0.29) is 17.0 Å². The minimum absolute atomic E-state index is 0.0477. The highest BCUT2D eigenvalue weighted by Crippen LogP contribution is 2.29. The van der Waals surface area contributed by atoms with Gasteiger partial charge in [0.25, 0.3) is 0 Å². The first-order chi connectivity index (χ1) is 12.8. The molecule has 0 atom stereocenters. The SMILES string of the molecule is CCN(CC)S(=O)(=O)c1ccc(OC)c(NC(=O)Cc2cccc(F)c2)c1. The van der Waals surface area contributed by atoms with Crippen LogP contribution < -0.4 is 10.1 Å². The van der Waals surface area contributed by atoms with Crippen LogP contribution in [-0.4, -0.2) is 38.8 Å². The van der Waals surface area contributed by atoms with E-state index in [0.717, 1.165) is 0 Å². The minimum atomic E-state index is -3.67. The zero-order chi connectivity index (χ0) is 20.0. The summed E-state index contributed by atoms with van der Waals surface area (Å²) in [5, 5.41) is 2.65. The van der Waals surface area contributed by atoms with E-state index in [2.05, 4.69) is 5.32 Å². The molecule has 1 N–H and O–H groups in total. The van der Waals surface area contributed by atoms with Crippen LogP contribution in [0, 0.1) is 5.82 Å². The van der Waals surface area contributed by atoms with Crippen LogP contribution in [0.5, 0.6) is 5.75 Å². The molecule has 0 aliphatic rings. The Hall–Kier alpha value is -2.45. The zero-order valence-electron chi connectivity index (χ0n) is 15.5. The predicted molar refractivity (Wildman–Crippen MR) is 102 cm³/mol. The molecule has 1 amide bonds. The number of benzene rings is 2. The van der Waals surface area contributed by atoms with Crippen molar-refractivity contribution in [2.75, 3.05) is 25.5 Å². The summed E-state index contributed by atoms with van der Waals surface area (Å²) in [4.78, 5) is 12.4. The topological polar surface area (TPSA) is 75.7 Å². The fourth-order valence-corrected chi connectivity index (χ4v) is 4.17. The Kier molecular flexibility index (Phi) is 6.92. The van der Waals surface area contributed by atoms with Crippen LogP contribution in [-0.2, 0) is 21.2 Å². The van der Waals surface area contributed by atoms with Gasteiger partial charge >= 0.3 is 0 Å². The number of halogens is 1. The molecule has 2 aromatic rings. The summed E-state index contributed by atoms with van der Waals surface area (Å²) in [6.45, 7) is 4.19. The number of ether oxygens (including phenoxy) is 1. The van der Waals surface area contributed by atoms with Crippen molar-refractivity contribution in [3.05, 3.63) is 53.8 Å². The maximum absolute atomic E-state index is 13.3. The molecular formula is C19H23FN2O4S. The molecule has 0 spiro atoms. The van der Waals surface area contributed by atoms with Crippen LogP contribution in [0.2, 0.25) is 0 Å². The van der Waals surface area contributed by atoms with Gasteiger partial charge in [0.05, 0.1) is 24.1 Å². The minimum Gasteiger partial charge on any atom is -0.495 e. The molecule has 27 heavy (non-hydrogen) atoms. The molecule has 0 saturated heterocycles. The van der Waals surface area contributed by atoms with Crippen LogP contribution in [0.1, 0.15) is 19.4 Å². The number of carbonyl (C=O) groups excluding carboxylic acids is 1. The number of hydrogen-bond donors (Lipinski definition) is 1. The number of sulfonamides is 1. The van der Waals surface area contributed by atoms with Crippen LogP contribution in [0.3, 0.4) is 0 Å². The van der Waals surface area contributed by atoms with Crippen molar-refractivity contribution in [1.82, 2.24) is 4.31 Å². The number of anilines is 1. The summed E-state index contributed by atoms with van der Waals surface area (Å²) in [7, 11) is -2.25. The molecule has 2 rings (SSSR count). The number of amides is 1. The number of nitrogens with one attached hydrogen (secondary N) is 1. The lowest BCUT2D eigenvalue weighted by molar-refractivity contribution is -0.115. The van der Waals surface area contributed by atoms with E-state index in [1.54, 1.807) is 19.9 Å². The van der Waals surface area contributed by atoms with Gasteiger partial charge < -0.3 is 10.1 Å². The monoisotopic (exact) mass is 394 g/mol. The average Bonchev–Trinajstić information content (AvgIpc) is 2.62. The van der Waals surface area contributed by atoms with E-state index in [1.165, 1.54) is 47.8 Å². The molecule has 8 heteroatoms. The Bertz CT molecular complexity index is 912. The first-order valence-corrected chi connectivity index (χ1v) is 9.98. The van der Waals surface area contributed by atoms with E-state index < -0.39 is 21.7 Å². The largest absolute Gasteiger partial charge is 0.495 e. The summed E-state index contributed by atoms with van der Waals surface area (Å²) in [6, 6.07) is 10.0. The fraction of sp³-hybridized carbons (Fsp3) is 0.316. The van der Waals surface area contributed by atoms with Crippen molar-refractivity contribution in [3.63, 3.8) is 0 Å². The number of rotatable bonds is 8. The average molecular weight is 394 g/mol. The molecular weight excluding hydrogens is 371 g/mol. The summed E-state index contributed by atoms with van der Waals surface area (Å²) in [5.74, 6) is -0.498. The molecule has 6 nitrogen and oxygen atoms in total.